The SMILES string of the molecule is Cc1cccc2c(CCNC(=O)CC[C@H](C)c3ccccc3)c[nH]c12. The van der Waals surface area contributed by atoms with E-state index >= 15 is 0 Å². The van der Waals surface area contributed by atoms with E-state index in [1.54, 1.807) is 0 Å². The Morgan fingerprint density at radius 2 is 1.92 bits per heavy atom. The van der Waals surface area contributed by atoms with Gasteiger partial charge in [-0.05, 0) is 42.4 Å². The number of aromatic amines is 1. The fourth-order valence-corrected chi connectivity index (χ4v) is 3.29. The van der Waals surface area contributed by atoms with E-state index in [0.717, 1.165) is 12.8 Å². The Kier molecular flexibility index (Phi) is 5.54. The maximum absolute atomic E-state index is 12.1. The van der Waals surface area contributed by atoms with Gasteiger partial charge in [-0.1, -0.05) is 55.5 Å². The number of aromatic nitrogens is 1. The summed E-state index contributed by atoms with van der Waals surface area (Å²) >= 11 is 0. The molecule has 0 bridgehead atoms. The summed E-state index contributed by atoms with van der Waals surface area (Å²) in [6, 6.07) is 16.7. The average Bonchev–Trinajstić information content (AvgIpc) is 3.05. The average molecular weight is 334 g/mol. The van der Waals surface area contributed by atoms with Crippen LogP contribution in [0, 0.1) is 6.92 Å². The molecular weight excluding hydrogens is 308 g/mol. The summed E-state index contributed by atoms with van der Waals surface area (Å²) in [6.45, 7) is 4.97. The van der Waals surface area contributed by atoms with E-state index in [0.29, 0.717) is 18.9 Å². The number of fused-ring (bicyclic) bond motifs is 1. The van der Waals surface area contributed by atoms with Crippen molar-refractivity contribution in [2.75, 3.05) is 6.54 Å². The molecule has 0 aliphatic heterocycles. The first-order valence-electron chi connectivity index (χ1n) is 9.02. The molecule has 3 nitrogen and oxygen atoms in total. The van der Waals surface area contributed by atoms with Crippen molar-refractivity contribution in [1.82, 2.24) is 10.3 Å². The van der Waals surface area contributed by atoms with E-state index in [1.165, 1.54) is 27.6 Å². The maximum atomic E-state index is 12.1. The molecule has 2 aromatic carbocycles. The third kappa shape index (κ3) is 4.30. The highest BCUT2D eigenvalue weighted by Gasteiger charge is 2.09. The van der Waals surface area contributed by atoms with Crippen LogP contribution in [0.25, 0.3) is 10.9 Å². The lowest BCUT2D eigenvalue weighted by Gasteiger charge is -2.11. The Morgan fingerprint density at radius 3 is 2.72 bits per heavy atom. The van der Waals surface area contributed by atoms with E-state index in [1.807, 2.05) is 6.07 Å². The molecule has 1 amide bonds. The first-order valence-corrected chi connectivity index (χ1v) is 9.02. The first-order chi connectivity index (χ1) is 12.1. The van der Waals surface area contributed by atoms with Crippen molar-refractivity contribution >= 4 is 16.8 Å². The number of nitrogens with one attached hydrogen (secondary N) is 2. The minimum atomic E-state index is 0.138. The number of rotatable bonds is 7. The normalized spacial score (nSPS) is 12.2. The molecule has 0 unspecified atom stereocenters. The van der Waals surface area contributed by atoms with Crippen LogP contribution in [0.4, 0.5) is 0 Å². The van der Waals surface area contributed by atoms with Crippen LogP contribution in [0.3, 0.4) is 0 Å². The van der Waals surface area contributed by atoms with Gasteiger partial charge in [-0.3, -0.25) is 4.79 Å². The van der Waals surface area contributed by atoms with Gasteiger partial charge in [0.05, 0.1) is 0 Å². The minimum Gasteiger partial charge on any atom is -0.361 e. The van der Waals surface area contributed by atoms with Gasteiger partial charge in [0.15, 0.2) is 0 Å². The molecule has 1 atom stereocenters. The van der Waals surface area contributed by atoms with Crippen molar-refractivity contribution in [3.05, 3.63) is 71.4 Å². The molecule has 3 rings (SSSR count). The molecule has 0 saturated carbocycles. The highest BCUT2D eigenvalue weighted by molar-refractivity contribution is 5.86. The number of amides is 1. The summed E-state index contributed by atoms with van der Waals surface area (Å²) in [5.41, 5.74) is 5.00. The maximum Gasteiger partial charge on any atom is 0.220 e. The zero-order chi connectivity index (χ0) is 17.6. The highest BCUT2D eigenvalue weighted by Crippen LogP contribution is 2.22. The summed E-state index contributed by atoms with van der Waals surface area (Å²) in [4.78, 5) is 15.4. The third-order valence-corrected chi connectivity index (χ3v) is 4.90. The summed E-state index contributed by atoms with van der Waals surface area (Å²) in [5, 5.41) is 4.31. The lowest BCUT2D eigenvalue weighted by Crippen LogP contribution is -2.25. The lowest BCUT2D eigenvalue weighted by molar-refractivity contribution is -0.121. The molecule has 3 heteroatoms. The predicted octanol–water partition coefficient (Wildman–Crippen LogP) is 4.72. The zero-order valence-electron chi connectivity index (χ0n) is 15.0. The van der Waals surface area contributed by atoms with E-state index in [2.05, 4.69) is 72.8 Å². The molecule has 2 N–H and O–H groups in total. The van der Waals surface area contributed by atoms with Gasteiger partial charge in [0.2, 0.25) is 5.91 Å². The smallest absolute Gasteiger partial charge is 0.220 e. The molecule has 130 valence electrons. The molecule has 1 aromatic heterocycles. The van der Waals surface area contributed by atoms with Crippen LogP contribution in [0.1, 0.15) is 42.4 Å². The number of benzene rings is 2. The largest absolute Gasteiger partial charge is 0.361 e. The molecule has 1 heterocycles. The number of para-hydroxylation sites is 1. The molecule has 0 radical (unpaired) electrons. The number of hydrogen-bond donors (Lipinski definition) is 2. The molecule has 0 spiro atoms. The van der Waals surface area contributed by atoms with Crippen molar-refractivity contribution in [3.63, 3.8) is 0 Å². The predicted molar refractivity (Wildman–Crippen MR) is 104 cm³/mol. The van der Waals surface area contributed by atoms with Gasteiger partial charge in [-0.15, -0.1) is 0 Å². The first kappa shape index (κ1) is 17.3. The van der Waals surface area contributed by atoms with Crippen molar-refractivity contribution in [3.8, 4) is 0 Å². The number of carbonyl (C=O) groups excluding carboxylic acids is 1. The standard InChI is InChI=1S/C22H26N2O/c1-16(18-8-4-3-5-9-18)11-12-21(25)23-14-13-19-15-24-22-17(2)7-6-10-20(19)22/h3-10,15-16,24H,11-14H2,1-2H3,(H,23,25)/t16-/m0/s1. The van der Waals surface area contributed by atoms with Crippen LogP contribution in [-0.2, 0) is 11.2 Å². The van der Waals surface area contributed by atoms with Gasteiger partial charge in [-0.2, -0.15) is 0 Å². The second kappa shape index (κ2) is 8.02. The Hall–Kier alpha value is -2.55. The summed E-state index contributed by atoms with van der Waals surface area (Å²) in [6.07, 6.45) is 4.36. The Balaban J connectivity index is 1.45. The van der Waals surface area contributed by atoms with Crippen molar-refractivity contribution in [1.29, 1.82) is 0 Å². The van der Waals surface area contributed by atoms with Gasteiger partial charge in [0, 0.05) is 30.1 Å². The fraction of sp³-hybridized carbons (Fsp3) is 0.318. The number of H-pyrrole nitrogens is 1. The van der Waals surface area contributed by atoms with Crippen molar-refractivity contribution in [2.45, 2.75) is 39.0 Å². The topological polar surface area (TPSA) is 44.9 Å². The zero-order valence-corrected chi connectivity index (χ0v) is 15.0. The summed E-state index contributed by atoms with van der Waals surface area (Å²) < 4.78 is 0. The van der Waals surface area contributed by atoms with Crippen molar-refractivity contribution in [2.24, 2.45) is 0 Å². The summed E-state index contributed by atoms with van der Waals surface area (Å²) in [5.74, 6) is 0.544. The van der Waals surface area contributed by atoms with E-state index < -0.39 is 0 Å². The number of aryl methyl sites for hydroxylation is 1. The van der Waals surface area contributed by atoms with Crippen LogP contribution < -0.4 is 5.32 Å². The van der Waals surface area contributed by atoms with Crippen LogP contribution in [0.5, 0.6) is 0 Å². The third-order valence-electron chi connectivity index (χ3n) is 4.90. The molecule has 0 saturated heterocycles. The van der Waals surface area contributed by atoms with Crippen LogP contribution >= 0.6 is 0 Å². The number of carbonyl (C=O) groups is 1. The van der Waals surface area contributed by atoms with E-state index in [-0.39, 0.29) is 5.91 Å². The minimum absolute atomic E-state index is 0.138. The monoisotopic (exact) mass is 334 g/mol. The van der Waals surface area contributed by atoms with Gasteiger partial charge in [0.25, 0.3) is 0 Å². The number of hydrogen-bond acceptors (Lipinski definition) is 1. The fourth-order valence-electron chi connectivity index (χ4n) is 3.29. The molecule has 0 aliphatic carbocycles. The summed E-state index contributed by atoms with van der Waals surface area (Å²) in [7, 11) is 0. The van der Waals surface area contributed by atoms with Crippen LogP contribution in [-0.4, -0.2) is 17.4 Å². The second-order valence-electron chi connectivity index (χ2n) is 6.76. The molecule has 25 heavy (non-hydrogen) atoms. The van der Waals surface area contributed by atoms with Gasteiger partial charge >= 0.3 is 0 Å². The molecule has 0 aliphatic rings. The quantitative estimate of drug-likeness (QED) is 0.645. The molecular formula is C22H26N2O. The van der Waals surface area contributed by atoms with E-state index in [9.17, 15) is 4.79 Å². The van der Waals surface area contributed by atoms with Crippen molar-refractivity contribution < 1.29 is 4.79 Å². The lowest BCUT2D eigenvalue weighted by atomic mass is 9.96. The van der Waals surface area contributed by atoms with Gasteiger partial charge < -0.3 is 10.3 Å². The highest BCUT2D eigenvalue weighted by atomic mass is 16.1. The molecule has 3 aromatic rings. The Morgan fingerprint density at radius 1 is 1.12 bits per heavy atom. The van der Waals surface area contributed by atoms with Gasteiger partial charge in [0.1, 0.15) is 0 Å². The van der Waals surface area contributed by atoms with Gasteiger partial charge in [-0.25, -0.2) is 0 Å². The Bertz CT molecular complexity index is 836. The van der Waals surface area contributed by atoms with Crippen LogP contribution in [0.2, 0.25) is 0 Å². The van der Waals surface area contributed by atoms with Crippen LogP contribution in [0.15, 0.2) is 54.7 Å². The second-order valence-corrected chi connectivity index (χ2v) is 6.76. The van der Waals surface area contributed by atoms with E-state index in [4.69, 9.17) is 0 Å². The molecule has 0 fully saturated rings. The Labute approximate surface area is 149 Å².